The van der Waals surface area contributed by atoms with E-state index < -0.39 is 0 Å². The summed E-state index contributed by atoms with van der Waals surface area (Å²) in [6.07, 6.45) is 5.43. The van der Waals surface area contributed by atoms with Crippen LogP contribution in [0.5, 0.6) is 5.75 Å². The fourth-order valence-corrected chi connectivity index (χ4v) is 2.67. The van der Waals surface area contributed by atoms with Gasteiger partial charge in [-0.15, -0.1) is 0 Å². The monoisotopic (exact) mass is 316 g/mol. The molecule has 1 N–H and O–H groups in total. The number of hydrazone groups is 1. The Bertz CT molecular complexity index is 535. The molecule has 0 saturated heterocycles. The summed E-state index contributed by atoms with van der Waals surface area (Å²) < 4.78 is 5.66. The Labute approximate surface area is 139 Å². The highest BCUT2D eigenvalue weighted by atomic mass is 16.5. The minimum atomic E-state index is -0.163. The van der Waals surface area contributed by atoms with Gasteiger partial charge >= 0.3 is 0 Å². The Morgan fingerprint density at radius 3 is 2.74 bits per heavy atom. The van der Waals surface area contributed by atoms with Crippen LogP contribution in [-0.4, -0.2) is 18.2 Å². The predicted octanol–water partition coefficient (Wildman–Crippen LogP) is 4.41. The van der Waals surface area contributed by atoms with E-state index in [1.165, 1.54) is 6.42 Å². The lowest BCUT2D eigenvalue weighted by Crippen LogP contribution is -2.22. The summed E-state index contributed by atoms with van der Waals surface area (Å²) in [5.74, 6) is 1.93. The Morgan fingerprint density at radius 1 is 1.35 bits per heavy atom. The zero-order valence-corrected chi connectivity index (χ0v) is 14.5. The summed E-state index contributed by atoms with van der Waals surface area (Å²) in [5, 5.41) is 4.29. The molecule has 4 heteroatoms. The van der Waals surface area contributed by atoms with Crippen molar-refractivity contribution in [2.24, 2.45) is 16.9 Å². The van der Waals surface area contributed by atoms with Gasteiger partial charge in [0.05, 0.1) is 6.61 Å². The highest BCUT2D eigenvalue weighted by Crippen LogP contribution is 2.21. The van der Waals surface area contributed by atoms with Crippen molar-refractivity contribution in [2.75, 3.05) is 6.61 Å². The van der Waals surface area contributed by atoms with Crippen LogP contribution in [0.2, 0.25) is 0 Å². The van der Waals surface area contributed by atoms with Crippen molar-refractivity contribution in [3.63, 3.8) is 0 Å². The Balaban J connectivity index is 1.84. The molecule has 0 unspecified atom stereocenters. The maximum Gasteiger partial charge on any atom is 0.271 e. The molecule has 23 heavy (non-hydrogen) atoms. The van der Waals surface area contributed by atoms with Crippen molar-refractivity contribution in [2.45, 2.75) is 52.9 Å². The second kappa shape index (κ2) is 8.70. The molecule has 0 aromatic heterocycles. The molecule has 1 atom stereocenters. The number of carbonyl (C=O) groups is 1. The van der Waals surface area contributed by atoms with Crippen molar-refractivity contribution in [3.8, 4) is 5.75 Å². The third-order valence-corrected chi connectivity index (χ3v) is 4.14. The molecule has 0 spiro atoms. The van der Waals surface area contributed by atoms with Gasteiger partial charge in [-0.1, -0.05) is 20.8 Å². The second-order valence-corrected chi connectivity index (χ2v) is 6.88. The molecule has 0 heterocycles. The molecule has 1 aromatic rings. The second-order valence-electron chi connectivity index (χ2n) is 6.88. The molecule has 4 nitrogen and oxygen atoms in total. The molecule has 1 amide bonds. The van der Waals surface area contributed by atoms with Gasteiger partial charge in [-0.2, -0.15) is 5.10 Å². The van der Waals surface area contributed by atoms with Crippen molar-refractivity contribution in [3.05, 3.63) is 29.8 Å². The van der Waals surface area contributed by atoms with Crippen LogP contribution < -0.4 is 10.2 Å². The van der Waals surface area contributed by atoms with Crippen LogP contribution in [0.1, 0.15) is 63.2 Å². The summed E-state index contributed by atoms with van der Waals surface area (Å²) in [7, 11) is 0. The molecular weight excluding hydrogens is 288 g/mol. The average Bonchev–Trinajstić information content (AvgIpc) is 2.53. The van der Waals surface area contributed by atoms with Crippen molar-refractivity contribution in [1.29, 1.82) is 0 Å². The number of rotatable bonds is 6. The van der Waals surface area contributed by atoms with Crippen LogP contribution in [0.15, 0.2) is 29.4 Å². The number of hydrogen-bond donors (Lipinski definition) is 1. The van der Waals surface area contributed by atoms with Gasteiger partial charge in [0.2, 0.25) is 0 Å². The van der Waals surface area contributed by atoms with Crippen LogP contribution in [0, 0.1) is 11.8 Å². The molecule has 1 saturated carbocycles. The van der Waals surface area contributed by atoms with Gasteiger partial charge in [-0.3, -0.25) is 4.79 Å². The van der Waals surface area contributed by atoms with E-state index in [0.717, 1.165) is 37.1 Å². The minimum Gasteiger partial charge on any atom is -0.494 e. The molecule has 1 aliphatic rings. The Kier molecular flexibility index (Phi) is 6.63. The van der Waals surface area contributed by atoms with Gasteiger partial charge in [0, 0.05) is 11.3 Å². The van der Waals surface area contributed by atoms with Gasteiger partial charge in [-0.05, 0) is 68.2 Å². The molecule has 1 aromatic carbocycles. The number of benzene rings is 1. The molecule has 0 aliphatic heterocycles. The first-order valence-corrected chi connectivity index (χ1v) is 8.63. The van der Waals surface area contributed by atoms with E-state index in [9.17, 15) is 4.79 Å². The third kappa shape index (κ3) is 6.05. The molecule has 1 aliphatic carbocycles. The summed E-state index contributed by atoms with van der Waals surface area (Å²) in [6, 6.07) is 7.24. The first kappa shape index (κ1) is 17.5. The van der Waals surface area contributed by atoms with Crippen molar-refractivity contribution < 1.29 is 9.53 Å². The molecule has 1 fully saturated rings. The standard InChI is InChI=1S/C19H28N2O2/c1-14(2)11-12-23-18-9-7-16(8-10-18)19(22)21-20-17-6-4-5-15(3)13-17/h7-10,14-15H,4-6,11-13H2,1-3H3,(H,21,22)/b20-17-/t15-/m1/s1. The zero-order chi connectivity index (χ0) is 16.7. The van der Waals surface area contributed by atoms with E-state index in [4.69, 9.17) is 4.74 Å². The quantitative estimate of drug-likeness (QED) is 0.790. The molecule has 0 radical (unpaired) electrons. The smallest absolute Gasteiger partial charge is 0.271 e. The normalized spacial score (nSPS) is 19.8. The molecule has 0 bridgehead atoms. The van der Waals surface area contributed by atoms with Crippen molar-refractivity contribution in [1.82, 2.24) is 5.43 Å². The molecule has 2 rings (SSSR count). The number of amides is 1. The number of nitrogens with zero attached hydrogens (tertiary/aromatic N) is 1. The summed E-state index contributed by atoms with van der Waals surface area (Å²) in [5.41, 5.74) is 4.38. The van der Waals surface area contributed by atoms with E-state index in [1.807, 2.05) is 12.1 Å². The Hall–Kier alpha value is -1.84. The highest BCUT2D eigenvalue weighted by Gasteiger charge is 2.14. The van der Waals surface area contributed by atoms with Crippen LogP contribution >= 0.6 is 0 Å². The summed E-state index contributed by atoms with van der Waals surface area (Å²) >= 11 is 0. The van der Waals surface area contributed by atoms with E-state index in [-0.39, 0.29) is 5.91 Å². The van der Waals surface area contributed by atoms with E-state index in [2.05, 4.69) is 31.3 Å². The first-order valence-electron chi connectivity index (χ1n) is 8.63. The zero-order valence-electron chi connectivity index (χ0n) is 14.5. The minimum absolute atomic E-state index is 0.163. The lowest BCUT2D eigenvalue weighted by atomic mass is 9.89. The Morgan fingerprint density at radius 2 is 2.09 bits per heavy atom. The van der Waals surface area contributed by atoms with Gasteiger partial charge in [0.1, 0.15) is 5.75 Å². The summed E-state index contributed by atoms with van der Waals surface area (Å²) in [6.45, 7) is 7.28. The fraction of sp³-hybridized carbons (Fsp3) is 0.579. The van der Waals surface area contributed by atoms with E-state index in [0.29, 0.717) is 24.0 Å². The topological polar surface area (TPSA) is 50.7 Å². The average molecular weight is 316 g/mol. The van der Waals surface area contributed by atoms with Gasteiger partial charge in [0.25, 0.3) is 5.91 Å². The molecule has 126 valence electrons. The van der Waals surface area contributed by atoms with Crippen LogP contribution in [0.4, 0.5) is 0 Å². The predicted molar refractivity (Wildman–Crippen MR) is 93.9 cm³/mol. The first-order chi connectivity index (χ1) is 11.0. The number of nitrogens with one attached hydrogen (secondary N) is 1. The van der Waals surface area contributed by atoms with Gasteiger partial charge in [-0.25, -0.2) is 5.43 Å². The number of ether oxygens (including phenoxy) is 1. The summed E-state index contributed by atoms with van der Waals surface area (Å²) in [4.78, 5) is 12.1. The van der Waals surface area contributed by atoms with Crippen molar-refractivity contribution >= 4 is 11.6 Å². The van der Waals surface area contributed by atoms with Crippen LogP contribution in [0.3, 0.4) is 0 Å². The van der Waals surface area contributed by atoms with Gasteiger partial charge < -0.3 is 4.74 Å². The third-order valence-electron chi connectivity index (χ3n) is 4.14. The van der Waals surface area contributed by atoms with E-state index in [1.54, 1.807) is 12.1 Å². The maximum absolute atomic E-state index is 12.1. The van der Waals surface area contributed by atoms with Gasteiger partial charge in [0.15, 0.2) is 0 Å². The van der Waals surface area contributed by atoms with Crippen LogP contribution in [-0.2, 0) is 0 Å². The lowest BCUT2D eigenvalue weighted by molar-refractivity contribution is 0.0954. The fourth-order valence-electron chi connectivity index (χ4n) is 2.67. The SMILES string of the molecule is CC(C)CCOc1ccc(C(=O)N/N=C2/CCC[C@@H](C)C2)cc1. The largest absolute Gasteiger partial charge is 0.494 e. The van der Waals surface area contributed by atoms with E-state index >= 15 is 0 Å². The van der Waals surface area contributed by atoms with Crippen LogP contribution in [0.25, 0.3) is 0 Å². The number of hydrogen-bond acceptors (Lipinski definition) is 3. The lowest BCUT2D eigenvalue weighted by Gasteiger charge is -2.18. The maximum atomic E-state index is 12.1. The molecular formula is C19H28N2O2. The number of carbonyl (C=O) groups excluding carboxylic acids is 1. The highest BCUT2D eigenvalue weighted by molar-refractivity contribution is 5.95.